The summed E-state index contributed by atoms with van der Waals surface area (Å²) in [6, 6.07) is 8.66. The highest BCUT2D eigenvalue weighted by Gasteiger charge is 2.21. The van der Waals surface area contributed by atoms with Crippen LogP contribution in [0.3, 0.4) is 0 Å². The van der Waals surface area contributed by atoms with Crippen LogP contribution in [0.1, 0.15) is 23.2 Å². The molecule has 3 rings (SSSR count). The molecular weight excluding hydrogens is 427 g/mol. The molecule has 0 unspecified atom stereocenters. The minimum atomic E-state index is 0.235. The maximum Gasteiger partial charge on any atom is 0.224 e. The molecule has 25 heavy (non-hydrogen) atoms. The molecule has 1 aromatic carbocycles. The molecule has 1 aliphatic heterocycles. The van der Waals surface area contributed by atoms with E-state index < -0.39 is 0 Å². The van der Waals surface area contributed by atoms with Gasteiger partial charge in [-0.3, -0.25) is 14.4 Å². The van der Waals surface area contributed by atoms with E-state index in [9.17, 15) is 4.79 Å². The van der Waals surface area contributed by atoms with Crippen LogP contribution in [0, 0.1) is 17.4 Å². The molecule has 0 aliphatic carbocycles. The van der Waals surface area contributed by atoms with Gasteiger partial charge in [-0.2, -0.15) is 5.10 Å². The predicted octanol–water partition coefficient (Wildman–Crippen LogP) is 2.84. The molecular formula is C19H25IN4O. The van der Waals surface area contributed by atoms with E-state index in [0.717, 1.165) is 42.0 Å². The Morgan fingerprint density at radius 3 is 2.60 bits per heavy atom. The first-order valence-electron chi connectivity index (χ1n) is 8.76. The van der Waals surface area contributed by atoms with E-state index >= 15 is 0 Å². The lowest BCUT2D eigenvalue weighted by Gasteiger charge is -2.34. The van der Waals surface area contributed by atoms with Crippen LogP contribution in [0.15, 0.2) is 30.5 Å². The molecule has 0 spiro atoms. The molecule has 1 aliphatic rings. The van der Waals surface area contributed by atoms with E-state index in [1.54, 1.807) is 0 Å². The van der Waals surface area contributed by atoms with E-state index in [0.29, 0.717) is 13.0 Å². The van der Waals surface area contributed by atoms with Gasteiger partial charge < -0.3 is 4.90 Å². The molecule has 0 N–H and O–H groups in total. The number of halogens is 1. The van der Waals surface area contributed by atoms with E-state index in [1.807, 2.05) is 22.7 Å². The van der Waals surface area contributed by atoms with Crippen molar-refractivity contribution in [3.63, 3.8) is 0 Å². The second-order valence-electron chi connectivity index (χ2n) is 6.72. The molecule has 1 aromatic heterocycles. The number of aryl methyl sites for hydroxylation is 3. The third-order valence-electron chi connectivity index (χ3n) is 4.65. The molecule has 134 valence electrons. The molecule has 0 saturated carbocycles. The smallest absolute Gasteiger partial charge is 0.224 e. The number of carbonyl (C=O) groups excluding carboxylic acids is 1. The monoisotopic (exact) mass is 452 g/mol. The largest absolute Gasteiger partial charge is 0.340 e. The summed E-state index contributed by atoms with van der Waals surface area (Å²) < 4.78 is 3.03. The van der Waals surface area contributed by atoms with Crippen molar-refractivity contribution in [1.29, 1.82) is 0 Å². The summed E-state index contributed by atoms with van der Waals surface area (Å²) in [5.74, 6) is 0.235. The first-order chi connectivity index (χ1) is 12.0. The van der Waals surface area contributed by atoms with Gasteiger partial charge in [-0.1, -0.05) is 29.8 Å². The summed E-state index contributed by atoms with van der Waals surface area (Å²) in [7, 11) is 0. The van der Waals surface area contributed by atoms with Crippen molar-refractivity contribution in [3.05, 3.63) is 50.9 Å². The van der Waals surface area contributed by atoms with Crippen LogP contribution in [0.5, 0.6) is 0 Å². The highest BCUT2D eigenvalue weighted by atomic mass is 127. The SMILES string of the molecule is Cc1cccc(CN2CCN(C(=O)CCn3cc(I)c(C)n3)CC2)c1. The zero-order valence-corrected chi connectivity index (χ0v) is 17.1. The van der Waals surface area contributed by atoms with Crippen molar-refractivity contribution >= 4 is 28.5 Å². The Morgan fingerprint density at radius 2 is 1.96 bits per heavy atom. The third-order valence-corrected chi connectivity index (χ3v) is 5.71. The summed E-state index contributed by atoms with van der Waals surface area (Å²) in [5, 5.41) is 4.42. The lowest BCUT2D eigenvalue weighted by Crippen LogP contribution is -2.48. The Balaban J connectivity index is 1.44. The zero-order valence-electron chi connectivity index (χ0n) is 14.9. The van der Waals surface area contributed by atoms with Crippen LogP contribution in [0.25, 0.3) is 0 Å². The molecule has 6 heteroatoms. The van der Waals surface area contributed by atoms with Crippen molar-refractivity contribution < 1.29 is 4.79 Å². The van der Waals surface area contributed by atoms with Gasteiger partial charge in [0, 0.05) is 51.9 Å². The van der Waals surface area contributed by atoms with Gasteiger partial charge in [-0.15, -0.1) is 0 Å². The average Bonchev–Trinajstić information content (AvgIpc) is 2.91. The van der Waals surface area contributed by atoms with Crippen molar-refractivity contribution in [2.45, 2.75) is 33.4 Å². The summed E-state index contributed by atoms with van der Waals surface area (Å²) in [4.78, 5) is 16.9. The number of piperazine rings is 1. The molecule has 0 atom stereocenters. The summed E-state index contributed by atoms with van der Waals surface area (Å²) in [6.45, 7) is 9.27. The van der Waals surface area contributed by atoms with Crippen LogP contribution in [0.4, 0.5) is 0 Å². The maximum atomic E-state index is 12.4. The molecule has 0 bridgehead atoms. The van der Waals surface area contributed by atoms with Crippen LogP contribution < -0.4 is 0 Å². The lowest BCUT2D eigenvalue weighted by atomic mass is 10.1. The van der Waals surface area contributed by atoms with Crippen LogP contribution in [0.2, 0.25) is 0 Å². The number of nitrogens with zero attached hydrogens (tertiary/aromatic N) is 4. The number of benzene rings is 1. The summed E-state index contributed by atoms with van der Waals surface area (Å²) in [5.41, 5.74) is 3.68. The number of hydrogen-bond donors (Lipinski definition) is 0. The van der Waals surface area contributed by atoms with Crippen LogP contribution in [-0.2, 0) is 17.9 Å². The van der Waals surface area contributed by atoms with Gasteiger partial charge >= 0.3 is 0 Å². The second-order valence-corrected chi connectivity index (χ2v) is 7.88. The van der Waals surface area contributed by atoms with Gasteiger partial charge in [0.1, 0.15) is 0 Å². The number of aromatic nitrogens is 2. The Hall–Kier alpha value is -1.41. The Bertz CT molecular complexity index is 715. The molecule has 1 fully saturated rings. The van der Waals surface area contributed by atoms with Crippen LogP contribution in [-0.4, -0.2) is 51.7 Å². The summed E-state index contributed by atoms with van der Waals surface area (Å²) >= 11 is 2.27. The van der Waals surface area contributed by atoms with Crippen LogP contribution >= 0.6 is 22.6 Å². The Morgan fingerprint density at radius 1 is 1.20 bits per heavy atom. The Labute approximate surface area is 163 Å². The maximum absolute atomic E-state index is 12.4. The molecule has 2 aromatic rings. The number of hydrogen-bond acceptors (Lipinski definition) is 3. The van der Waals surface area contributed by atoms with Gasteiger partial charge in [0.2, 0.25) is 5.91 Å². The van der Waals surface area contributed by atoms with Gasteiger partial charge in [0.15, 0.2) is 0 Å². The molecule has 0 radical (unpaired) electrons. The van der Waals surface area contributed by atoms with Crippen molar-refractivity contribution in [3.8, 4) is 0 Å². The molecule has 5 nitrogen and oxygen atoms in total. The van der Waals surface area contributed by atoms with E-state index in [-0.39, 0.29) is 5.91 Å². The van der Waals surface area contributed by atoms with Gasteiger partial charge in [-0.05, 0) is 42.0 Å². The average molecular weight is 452 g/mol. The lowest BCUT2D eigenvalue weighted by molar-refractivity contribution is -0.133. The fourth-order valence-corrected chi connectivity index (χ4v) is 3.63. The molecule has 1 amide bonds. The van der Waals surface area contributed by atoms with Gasteiger partial charge in [0.25, 0.3) is 0 Å². The normalized spacial score (nSPS) is 15.6. The predicted molar refractivity (Wildman–Crippen MR) is 107 cm³/mol. The quantitative estimate of drug-likeness (QED) is 0.656. The van der Waals surface area contributed by atoms with E-state index in [4.69, 9.17) is 0 Å². The molecule has 2 heterocycles. The molecule has 1 saturated heterocycles. The first-order valence-corrected chi connectivity index (χ1v) is 9.84. The fraction of sp³-hybridized carbons (Fsp3) is 0.474. The second kappa shape index (κ2) is 8.31. The van der Waals surface area contributed by atoms with Crippen molar-refractivity contribution in [2.75, 3.05) is 26.2 Å². The van der Waals surface area contributed by atoms with E-state index in [2.05, 4.69) is 63.8 Å². The number of amides is 1. The van der Waals surface area contributed by atoms with Gasteiger partial charge in [-0.25, -0.2) is 0 Å². The third kappa shape index (κ3) is 5.04. The highest BCUT2D eigenvalue weighted by molar-refractivity contribution is 14.1. The highest BCUT2D eigenvalue weighted by Crippen LogP contribution is 2.12. The zero-order chi connectivity index (χ0) is 17.8. The van der Waals surface area contributed by atoms with Crippen molar-refractivity contribution in [2.24, 2.45) is 0 Å². The van der Waals surface area contributed by atoms with Crippen molar-refractivity contribution in [1.82, 2.24) is 19.6 Å². The first kappa shape index (κ1) is 18.4. The fourth-order valence-electron chi connectivity index (χ4n) is 3.20. The van der Waals surface area contributed by atoms with E-state index in [1.165, 1.54) is 11.1 Å². The standard InChI is InChI=1S/C19H25IN4O/c1-15-4-3-5-17(12-15)13-22-8-10-23(11-9-22)19(25)6-7-24-14-18(20)16(2)21-24/h3-5,12,14H,6-11,13H2,1-2H3. The topological polar surface area (TPSA) is 41.4 Å². The number of carbonyl (C=O) groups is 1. The minimum absolute atomic E-state index is 0.235. The number of rotatable bonds is 5. The van der Waals surface area contributed by atoms with Gasteiger partial charge in [0.05, 0.1) is 9.26 Å². The summed E-state index contributed by atoms with van der Waals surface area (Å²) in [6.07, 6.45) is 2.53. The Kier molecular flexibility index (Phi) is 6.11. The minimum Gasteiger partial charge on any atom is -0.340 e.